The summed E-state index contributed by atoms with van der Waals surface area (Å²) in [5.41, 5.74) is -2.79. The lowest BCUT2D eigenvalue weighted by atomic mass is 10.1. The molecule has 0 amide bonds. The first-order chi connectivity index (χ1) is 7.41. The zero-order chi connectivity index (χ0) is 12.3. The van der Waals surface area contributed by atoms with Gasteiger partial charge in [0, 0.05) is 19.2 Å². The zero-order valence-corrected chi connectivity index (χ0v) is 8.89. The Balaban J connectivity index is 3.43. The second-order valence-electron chi connectivity index (χ2n) is 3.50. The number of hydrogen-bond acceptors (Lipinski definition) is 4. The van der Waals surface area contributed by atoms with Crippen LogP contribution in [0.15, 0.2) is 21.7 Å². The number of ether oxygens (including phenoxy) is 1. The van der Waals surface area contributed by atoms with E-state index in [4.69, 9.17) is 9.84 Å². The van der Waals surface area contributed by atoms with Crippen molar-refractivity contribution in [1.82, 2.24) is 9.78 Å². The van der Waals surface area contributed by atoms with Crippen LogP contribution in [0, 0.1) is 0 Å². The van der Waals surface area contributed by atoms with Crippen molar-refractivity contribution < 1.29 is 14.6 Å². The number of aromatic nitrogens is 2. The van der Waals surface area contributed by atoms with Crippen LogP contribution in [-0.2, 0) is 15.1 Å². The molecule has 0 aliphatic rings. The number of aromatic amines is 1. The molecular weight excluding hydrogens is 216 g/mol. The SMILES string of the molecule is COCC(C)(C(=O)O)n1[nH]c(=O)ccc1=O. The van der Waals surface area contributed by atoms with Gasteiger partial charge in [0.25, 0.3) is 11.1 Å². The van der Waals surface area contributed by atoms with Crippen molar-refractivity contribution in [3.63, 3.8) is 0 Å². The number of carboxylic acids is 1. The predicted molar refractivity (Wildman–Crippen MR) is 54.5 cm³/mol. The van der Waals surface area contributed by atoms with Crippen LogP contribution in [0.1, 0.15) is 6.92 Å². The Labute approximate surface area is 90.3 Å². The van der Waals surface area contributed by atoms with Gasteiger partial charge in [-0.15, -0.1) is 0 Å². The van der Waals surface area contributed by atoms with E-state index >= 15 is 0 Å². The van der Waals surface area contributed by atoms with Crippen molar-refractivity contribution in [2.45, 2.75) is 12.5 Å². The molecule has 0 fully saturated rings. The molecule has 16 heavy (non-hydrogen) atoms. The average Bonchev–Trinajstić information content (AvgIpc) is 2.21. The topological polar surface area (TPSA) is 101 Å². The lowest BCUT2D eigenvalue weighted by Crippen LogP contribution is -2.51. The first-order valence-corrected chi connectivity index (χ1v) is 4.47. The fraction of sp³-hybridized carbons (Fsp3) is 0.444. The summed E-state index contributed by atoms with van der Waals surface area (Å²) in [6.07, 6.45) is 0. The van der Waals surface area contributed by atoms with Gasteiger partial charge in [-0.2, -0.15) is 0 Å². The van der Waals surface area contributed by atoms with E-state index < -0.39 is 22.6 Å². The molecule has 88 valence electrons. The Bertz CT molecular complexity index is 503. The maximum Gasteiger partial charge on any atom is 0.333 e. The van der Waals surface area contributed by atoms with Crippen LogP contribution in [0.25, 0.3) is 0 Å². The van der Waals surface area contributed by atoms with Crippen LogP contribution >= 0.6 is 0 Å². The van der Waals surface area contributed by atoms with Crippen LogP contribution in [0.4, 0.5) is 0 Å². The van der Waals surface area contributed by atoms with Gasteiger partial charge in [-0.25, -0.2) is 9.48 Å². The summed E-state index contributed by atoms with van der Waals surface area (Å²) in [7, 11) is 1.31. The quantitative estimate of drug-likeness (QED) is 0.687. The maximum atomic E-state index is 11.5. The largest absolute Gasteiger partial charge is 0.479 e. The van der Waals surface area contributed by atoms with Gasteiger partial charge in [-0.3, -0.25) is 14.7 Å². The molecule has 0 spiro atoms. The van der Waals surface area contributed by atoms with Crippen molar-refractivity contribution in [3.05, 3.63) is 32.8 Å². The lowest BCUT2D eigenvalue weighted by Gasteiger charge is -2.25. The molecule has 1 aromatic heterocycles. The van der Waals surface area contributed by atoms with Gasteiger partial charge in [0.2, 0.25) is 0 Å². The highest BCUT2D eigenvalue weighted by Crippen LogP contribution is 2.12. The molecule has 2 N–H and O–H groups in total. The van der Waals surface area contributed by atoms with Crippen molar-refractivity contribution in [3.8, 4) is 0 Å². The number of nitrogens with zero attached hydrogens (tertiary/aromatic N) is 1. The first kappa shape index (κ1) is 12.2. The molecule has 7 heteroatoms. The summed E-state index contributed by atoms with van der Waals surface area (Å²) in [5, 5.41) is 11.2. The number of methoxy groups -OCH3 is 1. The minimum absolute atomic E-state index is 0.234. The fourth-order valence-electron chi connectivity index (χ4n) is 1.29. The summed E-state index contributed by atoms with van der Waals surface area (Å²) in [6.45, 7) is 1.05. The minimum atomic E-state index is -1.63. The minimum Gasteiger partial charge on any atom is -0.479 e. The monoisotopic (exact) mass is 228 g/mol. The highest BCUT2D eigenvalue weighted by Gasteiger charge is 2.37. The van der Waals surface area contributed by atoms with Crippen LogP contribution in [-0.4, -0.2) is 34.6 Å². The molecule has 0 bridgehead atoms. The second kappa shape index (κ2) is 4.31. The molecule has 1 heterocycles. The Morgan fingerprint density at radius 2 is 2.19 bits per heavy atom. The van der Waals surface area contributed by atoms with Crippen LogP contribution < -0.4 is 11.1 Å². The number of carboxylic acid groups (broad SMARTS) is 1. The Morgan fingerprint density at radius 3 is 2.69 bits per heavy atom. The summed E-state index contributed by atoms with van der Waals surface area (Å²) in [5.74, 6) is -1.27. The standard InChI is InChI=1S/C9H12N2O5/c1-9(5-16-2,8(14)15)11-7(13)4-3-6(12)10-11/h3-4H,5H2,1-2H3,(H,10,12)(H,14,15). The third-order valence-corrected chi connectivity index (χ3v) is 2.20. The van der Waals surface area contributed by atoms with E-state index in [0.29, 0.717) is 0 Å². The second-order valence-corrected chi connectivity index (χ2v) is 3.50. The third kappa shape index (κ3) is 2.03. The van der Waals surface area contributed by atoms with Crippen LogP contribution in [0.5, 0.6) is 0 Å². The van der Waals surface area contributed by atoms with E-state index in [2.05, 4.69) is 5.10 Å². The number of aliphatic carboxylic acids is 1. The average molecular weight is 228 g/mol. The van der Waals surface area contributed by atoms with Crippen LogP contribution in [0.3, 0.4) is 0 Å². The summed E-state index contributed by atoms with van der Waals surface area (Å²) >= 11 is 0. The number of H-pyrrole nitrogens is 1. The van der Waals surface area contributed by atoms with Gasteiger partial charge in [-0.1, -0.05) is 0 Å². The number of carbonyl (C=O) groups is 1. The highest BCUT2D eigenvalue weighted by molar-refractivity contribution is 5.76. The smallest absolute Gasteiger partial charge is 0.333 e. The highest BCUT2D eigenvalue weighted by atomic mass is 16.5. The van der Waals surface area contributed by atoms with Gasteiger partial charge in [0.15, 0.2) is 5.54 Å². The molecule has 0 aliphatic heterocycles. The Kier molecular flexibility index (Phi) is 3.28. The van der Waals surface area contributed by atoms with Crippen molar-refractivity contribution in [2.24, 2.45) is 0 Å². The van der Waals surface area contributed by atoms with Crippen molar-refractivity contribution >= 4 is 5.97 Å². The molecule has 1 unspecified atom stereocenters. The molecular formula is C9H12N2O5. The van der Waals surface area contributed by atoms with Gasteiger partial charge in [0.1, 0.15) is 0 Å². The summed E-state index contributed by atoms with van der Waals surface area (Å²) in [4.78, 5) is 33.7. The van der Waals surface area contributed by atoms with E-state index in [-0.39, 0.29) is 6.61 Å². The maximum absolute atomic E-state index is 11.5. The van der Waals surface area contributed by atoms with Gasteiger partial charge < -0.3 is 9.84 Å². The van der Waals surface area contributed by atoms with Crippen molar-refractivity contribution in [2.75, 3.05) is 13.7 Å². The molecule has 0 saturated heterocycles. The van der Waals surface area contributed by atoms with E-state index in [0.717, 1.165) is 16.8 Å². The lowest BCUT2D eigenvalue weighted by molar-refractivity contribution is -0.150. The molecule has 0 saturated carbocycles. The van der Waals surface area contributed by atoms with Crippen molar-refractivity contribution in [1.29, 1.82) is 0 Å². The number of rotatable bonds is 4. The molecule has 0 aliphatic carbocycles. The Morgan fingerprint density at radius 1 is 1.56 bits per heavy atom. The fourth-order valence-corrected chi connectivity index (χ4v) is 1.29. The number of hydrogen-bond donors (Lipinski definition) is 2. The summed E-state index contributed by atoms with van der Waals surface area (Å²) < 4.78 is 5.51. The molecule has 7 nitrogen and oxygen atoms in total. The predicted octanol–water partition coefficient (Wildman–Crippen LogP) is -1.02. The molecule has 0 aromatic carbocycles. The van der Waals surface area contributed by atoms with E-state index in [1.807, 2.05) is 0 Å². The zero-order valence-electron chi connectivity index (χ0n) is 8.89. The molecule has 1 rings (SSSR count). The summed E-state index contributed by atoms with van der Waals surface area (Å²) in [6, 6.07) is 2.05. The van der Waals surface area contributed by atoms with E-state index in [1.165, 1.54) is 14.0 Å². The van der Waals surface area contributed by atoms with Gasteiger partial charge in [-0.05, 0) is 6.92 Å². The van der Waals surface area contributed by atoms with Gasteiger partial charge in [0.05, 0.1) is 6.61 Å². The van der Waals surface area contributed by atoms with E-state index in [9.17, 15) is 14.4 Å². The van der Waals surface area contributed by atoms with Crippen LogP contribution in [0.2, 0.25) is 0 Å². The molecule has 1 aromatic rings. The van der Waals surface area contributed by atoms with E-state index in [1.54, 1.807) is 0 Å². The molecule has 1 atom stereocenters. The Hall–Kier alpha value is -1.89. The third-order valence-electron chi connectivity index (χ3n) is 2.20. The molecule has 0 radical (unpaired) electrons. The van der Waals surface area contributed by atoms with Gasteiger partial charge >= 0.3 is 5.97 Å². The number of nitrogens with one attached hydrogen (secondary N) is 1. The normalized spacial score (nSPS) is 14.4. The first-order valence-electron chi connectivity index (χ1n) is 4.47.